The fraction of sp³-hybridized carbons (Fsp3) is 0.250. The van der Waals surface area contributed by atoms with Crippen molar-refractivity contribution in [1.82, 2.24) is 10.3 Å². The molecule has 0 saturated heterocycles. The molecule has 0 unspecified atom stereocenters. The average molecular weight is 218 g/mol. The van der Waals surface area contributed by atoms with Gasteiger partial charge in [0.2, 0.25) is 0 Å². The first-order valence-electron chi connectivity index (χ1n) is 5.11. The smallest absolute Gasteiger partial charge is 0.399 e. The van der Waals surface area contributed by atoms with Gasteiger partial charge >= 0.3 is 6.08 Å². The van der Waals surface area contributed by atoms with Gasteiger partial charge in [-0.15, -0.1) is 0 Å². The molecule has 84 valence electrons. The SMILES string of the molecule is CNCc1coc(Oc2ccc(C)cc2)n1. The number of rotatable bonds is 4. The van der Waals surface area contributed by atoms with Crippen molar-refractivity contribution >= 4 is 0 Å². The third kappa shape index (κ3) is 2.61. The molecule has 0 saturated carbocycles. The number of benzene rings is 1. The van der Waals surface area contributed by atoms with E-state index in [1.165, 1.54) is 5.56 Å². The predicted molar refractivity (Wildman–Crippen MR) is 60.5 cm³/mol. The lowest BCUT2D eigenvalue weighted by molar-refractivity contribution is 0.330. The van der Waals surface area contributed by atoms with Crippen LogP contribution < -0.4 is 10.1 Å². The number of hydrogen-bond donors (Lipinski definition) is 1. The number of hydrogen-bond acceptors (Lipinski definition) is 4. The molecule has 0 radical (unpaired) electrons. The van der Waals surface area contributed by atoms with Crippen molar-refractivity contribution in [3.8, 4) is 11.8 Å². The molecule has 0 bridgehead atoms. The Balaban J connectivity index is 2.05. The number of oxazole rings is 1. The van der Waals surface area contributed by atoms with Gasteiger partial charge in [-0.3, -0.25) is 0 Å². The van der Waals surface area contributed by atoms with Crippen LogP contribution in [0.15, 0.2) is 34.9 Å². The molecule has 1 heterocycles. The number of aromatic nitrogens is 1. The van der Waals surface area contributed by atoms with Crippen molar-refractivity contribution in [3.63, 3.8) is 0 Å². The van der Waals surface area contributed by atoms with Crippen LogP contribution in [0.25, 0.3) is 0 Å². The minimum Gasteiger partial charge on any atom is -0.417 e. The lowest BCUT2D eigenvalue weighted by Crippen LogP contribution is -2.04. The van der Waals surface area contributed by atoms with Crippen LogP contribution in [-0.4, -0.2) is 12.0 Å². The lowest BCUT2D eigenvalue weighted by atomic mass is 10.2. The van der Waals surface area contributed by atoms with E-state index in [0.29, 0.717) is 6.54 Å². The molecule has 4 heteroatoms. The Hall–Kier alpha value is -1.81. The van der Waals surface area contributed by atoms with Gasteiger partial charge in [0.05, 0.1) is 5.69 Å². The van der Waals surface area contributed by atoms with Crippen LogP contribution in [0.1, 0.15) is 11.3 Å². The molecule has 0 spiro atoms. The number of nitrogens with zero attached hydrogens (tertiary/aromatic N) is 1. The predicted octanol–water partition coefficient (Wildman–Crippen LogP) is 2.49. The zero-order valence-electron chi connectivity index (χ0n) is 9.36. The molecule has 1 aromatic heterocycles. The molecule has 4 nitrogen and oxygen atoms in total. The molecule has 2 aromatic rings. The molecule has 1 aromatic carbocycles. The first-order chi connectivity index (χ1) is 7.78. The highest BCUT2D eigenvalue weighted by molar-refractivity contribution is 5.28. The standard InChI is InChI=1S/C12H14N2O2/c1-9-3-5-11(6-4-9)16-12-14-10(7-13-2)8-15-12/h3-6,8,13H,7H2,1-2H3. The molecule has 0 aliphatic rings. The van der Waals surface area contributed by atoms with Crippen molar-refractivity contribution in [2.75, 3.05) is 7.05 Å². The van der Waals surface area contributed by atoms with Crippen molar-refractivity contribution in [2.45, 2.75) is 13.5 Å². The van der Waals surface area contributed by atoms with Crippen molar-refractivity contribution in [1.29, 1.82) is 0 Å². The molecule has 2 rings (SSSR count). The average Bonchev–Trinajstić information content (AvgIpc) is 2.70. The van der Waals surface area contributed by atoms with E-state index in [9.17, 15) is 0 Å². The van der Waals surface area contributed by atoms with E-state index in [4.69, 9.17) is 9.15 Å². The molecule has 16 heavy (non-hydrogen) atoms. The Morgan fingerprint density at radius 2 is 2.06 bits per heavy atom. The first-order valence-corrected chi connectivity index (χ1v) is 5.11. The third-order valence-corrected chi connectivity index (χ3v) is 2.11. The van der Waals surface area contributed by atoms with Crippen LogP contribution in [0.4, 0.5) is 0 Å². The number of ether oxygens (including phenoxy) is 1. The highest BCUT2D eigenvalue weighted by Crippen LogP contribution is 2.20. The number of aryl methyl sites for hydroxylation is 1. The molecular formula is C12H14N2O2. The summed E-state index contributed by atoms with van der Waals surface area (Å²) in [6.07, 6.45) is 1.86. The lowest BCUT2D eigenvalue weighted by Gasteiger charge is -2.00. The van der Waals surface area contributed by atoms with Gasteiger partial charge in [0.1, 0.15) is 12.0 Å². The van der Waals surface area contributed by atoms with Crippen LogP contribution in [0.5, 0.6) is 11.8 Å². The number of nitrogens with one attached hydrogen (secondary N) is 1. The normalized spacial score (nSPS) is 10.4. The van der Waals surface area contributed by atoms with Crippen molar-refractivity contribution in [2.24, 2.45) is 0 Å². The second-order valence-electron chi connectivity index (χ2n) is 3.55. The van der Waals surface area contributed by atoms with Gasteiger partial charge in [-0.05, 0) is 26.1 Å². The van der Waals surface area contributed by atoms with Gasteiger partial charge in [-0.2, -0.15) is 4.98 Å². The second kappa shape index (κ2) is 4.81. The molecule has 0 aliphatic heterocycles. The van der Waals surface area contributed by atoms with E-state index in [1.54, 1.807) is 6.26 Å². The molecule has 0 fully saturated rings. The Morgan fingerprint density at radius 1 is 1.31 bits per heavy atom. The Bertz CT molecular complexity index is 448. The van der Waals surface area contributed by atoms with Crippen molar-refractivity contribution in [3.05, 3.63) is 41.8 Å². The van der Waals surface area contributed by atoms with Crippen LogP contribution in [0.3, 0.4) is 0 Å². The summed E-state index contributed by atoms with van der Waals surface area (Å²) in [5.74, 6) is 0.725. The molecule has 0 aliphatic carbocycles. The minimum absolute atomic E-state index is 0.272. The van der Waals surface area contributed by atoms with Gasteiger partial charge < -0.3 is 14.5 Å². The van der Waals surface area contributed by atoms with Gasteiger partial charge in [0, 0.05) is 6.54 Å². The second-order valence-corrected chi connectivity index (χ2v) is 3.55. The quantitative estimate of drug-likeness (QED) is 0.856. The first kappa shape index (κ1) is 10.7. The van der Waals surface area contributed by atoms with Crippen LogP contribution in [0.2, 0.25) is 0 Å². The molecule has 0 atom stereocenters. The Labute approximate surface area is 94.3 Å². The molecular weight excluding hydrogens is 204 g/mol. The largest absolute Gasteiger partial charge is 0.417 e. The van der Waals surface area contributed by atoms with E-state index in [0.717, 1.165) is 11.4 Å². The van der Waals surface area contributed by atoms with Gasteiger partial charge in [0.25, 0.3) is 0 Å². The zero-order chi connectivity index (χ0) is 11.4. The fourth-order valence-electron chi connectivity index (χ4n) is 1.30. The van der Waals surface area contributed by atoms with Crippen LogP contribution in [0, 0.1) is 6.92 Å². The monoisotopic (exact) mass is 218 g/mol. The summed E-state index contributed by atoms with van der Waals surface area (Å²) in [6, 6.07) is 7.73. The highest BCUT2D eigenvalue weighted by Gasteiger charge is 2.05. The third-order valence-electron chi connectivity index (χ3n) is 2.11. The van der Waals surface area contributed by atoms with Crippen LogP contribution in [-0.2, 0) is 6.54 Å². The van der Waals surface area contributed by atoms with E-state index in [1.807, 2.05) is 38.2 Å². The summed E-state index contributed by atoms with van der Waals surface area (Å²) in [4.78, 5) is 4.17. The van der Waals surface area contributed by atoms with Crippen LogP contribution >= 0.6 is 0 Å². The highest BCUT2D eigenvalue weighted by atomic mass is 16.6. The van der Waals surface area contributed by atoms with Gasteiger partial charge in [0.15, 0.2) is 0 Å². The fourth-order valence-corrected chi connectivity index (χ4v) is 1.30. The summed E-state index contributed by atoms with van der Waals surface area (Å²) in [5.41, 5.74) is 2.01. The summed E-state index contributed by atoms with van der Waals surface area (Å²) < 4.78 is 10.6. The van der Waals surface area contributed by atoms with E-state index < -0.39 is 0 Å². The summed E-state index contributed by atoms with van der Waals surface area (Å²) in [7, 11) is 1.86. The summed E-state index contributed by atoms with van der Waals surface area (Å²) in [6.45, 7) is 2.70. The van der Waals surface area contributed by atoms with Crippen molar-refractivity contribution < 1.29 is 9.15 Å². The maximum Gasteiger partial charge on any atom is 0.399 e. The Kier molecular flexibility index (Phi) is 3.22. The maximum atomic E-state index is 5.45. The van der Waals surface area contributed by atoms with Gasteiger partial charge in [-0.25, -0.2) is 0 Å². The minimum atomic E-state index is 0.272. The Morgan fingerprint density at radius 3 is 2.75 bits per heavy atom. The summed E-state index contributed by atoms with van der Waals surface area (Å²) >= 11 is 0. The molecule has 1 N–H and O–H groups in total. The summed E-state index contributed by atoms with van der Waals surface area (Å²) in [5, 5.41) is 2.99. The maximum absolute atomic E-state index is 5.45. The van der Waals surface area contributed by atoms with E-state index >= 15 is 0 Å². The van der Waals surface area contributed by atoms with Gasteiger partial charge in [-0.1, -0.05) is 17.7 Å². The van der Waals surface area contributed by atoms with E-state index in [-0.39, 0.29) is 6.08 Å². The molecule has 0 amide bonds. The zero-order valence-corrected chi connectivity index (χ0v) is 9.36. The van der Waals surface area contributed by atoms with E-state index in [2.05, 4.69) is 10.3 Å². The topological polar surface area (TPSA) is 47.3 Å².